The lowest BCUT2D eigenvalue weighted by molar-refractivity contribution is -0.144. The highest BCUT2D eigenvalue weighted by atomic mass is 16.5. The third kappa shape index (κ3) is 3.91. The number of hydrogen-bond acceptors (Lipinski definition) is 4. The Balaban J connectivity index is 1.69. The molecule has 0 aliphatic carbocycles. The fourth-order valence-corrected chi connectivity index (χ4v) is 2.78. The predicted molar refractivity (Wildman–Crippen MR) is 97.0 cm³/mol. The van der Waals surface area contributed by atoms with Crippen molar-refractivity contribution < 1.29 is 19.0 Å². The highest BCUT2D eigenvalue weighted by Crippen LogP contribution is 2.25. The number of ether oxygens (including phenoxy) is 3. The SMILES string of the molecule is COc1ccc(CC(=O)OCc2cccc3ccccc23)c(OC)c1. The predicted octanol–water partition coefficient (Wildman–Crippen LogP) is 4.14. The maximum Gasteiger partial charge on any atom is 0.310 e. The summed E-state index contributed by atoms with van der Waals surface area (Å²) in [5.74, 6) is 1.00. The zero-order chi connectivity index (χ0) is 17.6. The Labute approximate surface area is 146 Å². The molecule has 0 radical (unpaired) electrons. The van der Waals surface area contributed by atoms with E-state index in [4.69, 9.17) is 14.2 Å². The highest BCUT2D eigenvalue weighted by Gasteiger charge is 2.12. The Morgan fingerprint density at radius 3 is 2.48 bits per heavy atom. The molecule has 0 unspecified atom stereocenters. The molecule has 0 amide bonds. The van der Waals surface area contributed by atoms with Crippen molar-refractivity contribution in [2.45, 2.75) is 13.0 Å². The van der Waals surface area contributed by atoms with E-state index in [9.17, 15) is 4.79 Å². The molecule has 0 heterocycles. The van der Waals surface area contributed by atoms with Gasteiger partial charge in [-0.15, -0.1) is 0 Å². The summed E-state index contributed by atoms with van der Waals surface area (Å²) in [7, 11) is 3.16. The zero-order valence-electron chi connectivity index (χ0n) is 14.3. The van der Waals surface area contributed by atoms with Gasteiger partial charge < -0.3 is 14.2 Å². The largest absolute Gasteiger partial charge is 0.497 e. The number of methoxy groups -OCH3 is 2. The Bertz CT molecular complexity index is 881. The molecule has 0 fully saturated rings. The van der Waals surface area contributed by atoms with Crippen LogP contribution in [-0.2, 0) is 22.6 Å². The molecule has 25 heavy (non-hydrogen) atoms. The first-order valence-electron chi connectivity index (χ1n) is 8.04. The fraction of sp³-hybridized carbons (Fsp3) is 0.190. The van der Waals surface area contributed by atoms with Crippen LogP contribution in [0.3, 0.4) is 0 Å². The van der Waals surface area contributed by atoms with E-state index < -0.39 is 0 Å². The van der Waals surface area contributed by atoms with E-state index >= 15 is 0 Å². The molecule has 0 bridgehead atoms. The number of rotatable bonds is 6. The summed E-state index contributed by atoms with van der Waals surface area (Å²) in [6.45, 7) is 0.249. The van der Waals surface area contributed by atoms with Crippen molar-refractivity contribution >= 4 is 16.7 Å². The van der Waals surface area contributed by atoms with Gasteiger partial charge in [0.25, 0.3) is 0 Å². The number of esters is 1. The summed E-state index contributed by atoms with van der Waals surface area (Å²) in [4.78, 5) is 12.2. The van der Waals surface area contributed by atoms with E-state index in [0.717, 1.165) is 21.9 Å². The minimum atomic E-state index is -0.295. The highest BCUT2D eigenvalue weighted by molar-refractivity contribution is 5.85. The minimum absolute atomic E-state index is 0.151. The molecule has 4 nitrogen and oxygen atoms in total. The first kappa shape index (κ1) is 16.8. The van der Waals surface area contributed by atoms with Crippen molar-refractivity contribution in [2.75, 3.05) is 14.2 Å². The van der Waals surface area contributed by atoms with Crippen LogP contribution < -0.4 is 9.47 Å². The van der Waals surface area contributed by atoms with Crippen LogP contribution in [0.25, 0.3) is 10.8 Å². The first-order chi connectivity index (χ1) is 12.2. The van der Waals surface area contributed by atoms with Crippen LogP contribution in [0.2, 0.25) is 0 Å². The van der Waals surface area contributed by atoms with Crippen LogP contribution in [0.1, 0.15) is 11.1 Å². The van der Waals surface area contributed by atoms with Crippen LogP contribution in [0.5, 0.6) is 11.5 Å². The number of hydrogen-bond donors (Lipinski definition) is 0. The third-order valence-electron chi connectivity index (χ3n) is 4.10. The standard InChI is InChI=1S/C21H20O4/c1-23-18-11-10-16(20(13-18)24-2)12-21(22)25-14-17-8-5-7-15-6-3-4-9-19(15)17/h3-11,13H,12,14H2,1-2H3. The molecule has 128 valence electrons. The van der Waals surface area contributed by atoms with Crippen LogP contribution in [0.4, 0.5) is 0 Å². The van der Waals surface area contributed by atoms with Crippen molar-refractivity contribution in [1.82, 2.24) is 0 Å². The van der Waals surface area contributed by atoms with E-state index in [-0.39, 0.29) is 19.0 Å². The summed E-state index contributed by atoms with van der Waals surface area (Å²) in [6, 6.07) is 19.4. The number of benzene rings is 3. The molecular weight excluding hydrogens is 316 g/mol. The Morgan fingerprint density at radius 2 is 1.68 bits per heavy atom. The average Bonchev–Trinajstić information content (AvgIpc) is 2.66. The van der Waals surface area contributed by atoms with Gasteiger partial charge >= 0.3 is 5.97 Å². The maximum atomic E-state index is 12.2. The Hall–Kier alpha value is -3.01. The summed E-state index contributed by atoms with van der Waals surface area (Å²) < 4.78 is 16.0. The smallest absolute Gasteiger partial charge is 0.310 e. The molecular formula is C21H20O4. The first-order valence-corrected chi connectivity index (χ1v) is 8.04. The van der Waals surface area contributed by atoms with Crippen molar-refractivity contribution in [3.63, 3.8) is 0 Å². The monoisotopic (exact) mass is 336 g/mol. The molecule has 0 aromatic heterocycles. The molecule has 3 aromatic carbocycles. The quantitative estimate of drug-likeness (QED) is 0.635. The van der Waals surface area contributed by atoms with Crippen LogP contribution >= 0.6 is 0 Å². The van der Waals surface area contributed by atoms with E-state index in [2.05, 4.69) is 0 Å². The van der Waals surface area contributed by atoms with Crippen LogP contribution in [0, 0.1) is 0 Å². The molecule has 0 N–H and O–H groups in total. The third-order valence-corrected chi connectivity index (χ3v) is 4.10. The van der Waals surface area contributed by atoms with Crippen molar-refractivity contribution in [3.05, 3.63) is 71.8 Å². The van der Waals surface area contributed by atoms with Crippen molar-refractivity contribution in [2.24, 2.45) is 0 Å². The van der Waals surface area contributed by atoms with Gasteiger partial charge in [-0.2, -0.15) is 0 Å². The van der Waals surface area contributed by atoms with Gasteiger partial charge in [0.15, 0.2) is 0 Å². The molecule has 4 heteroatoms. The summed E-state index contributed by atoms with van der Waals surface area (Å²) in [6.07, 6.45) is 0.151. The van der Waals surface area contributed by atoms with Gasteiger partial charge in [0.2, 0.25) is 0 Å². The number of fused-ring (bicyclic) bond motifs is 1. The van der Waals surface area contributed by atoms with E-state index in [1.807, 2.05) is 48.5 Å². The molecule has 0 aliphatic heterocycles. The molecule has 0 saturated heterocycles. The molecule has 0 aliphatic rings. The van der Waals surface area contributed by atoms with Gasteiger partial charge in [0.1, 0.15) is 18.1 Å². The Morgan fingerprint density at radius 1 is 0.880 bits per heavy atom. The fourth-order valence-electron chi connectivity index (χ4n) is 2.78. The van der Waals surface area contributed by atoms with E-state index in [1.54, 1.807) is 26.4 Å². The summed E-state index contributed by atoms with van der Waals surface area (Å²) >= 11 is 0. The van der Waals surface area contributed by atoms with Gasteiger partial charge in [-0.1, -0.05) is 48.5 Å². The lowest BCUT2D eigenvalue weighted by Crippen LogP contribution is -2.09. The lowest BCUT2D eigenvalue weighted by Gasteiger charge is -2.11. The van der Waals surface area contributed by atoms with Gasteiger partial charge in [0, 0.05) is 11.6 Å². The van der Waals surface area contributed by atoms with E-state index in [1.165, 1.54) is 0 Å². The second-order valence-corrected chi connectivity index (χ2v) is 5.65. The summed E-state index contributed by atoms with van der Waals surface area (Å²) in [5.41, 5.74) is 1.76. The topological polar surface area (TPSA) is 44.8 Å². The van der Waals surface area contributed by atoms with Gasteiger partial charge in [-0.25, -0.2) is 0 Å². The average molecular weight is 336 g/mol. The molecule has 3 rings (SSSR count). The molecule has 0 spiro atoms. The normalized spacial score (nSPS) is 10.5. The number of carbonyl (C=O) groups excluding carboxylic acids is 1. The van der Waals surface area contributed by atoms with Crippen LogP contribution in [0.15, 0.2) is 60.7 Å². The molecule has 3 aromatic rings. The van der Waals surface area contributed by atoms with Crippen molar-refractivity contribution in [3.8, 4) is 11.5 Å². The summed E-state index contributed by atoms with van der Waals surface area (Å²) in [5, 5.41) is 2.23. The van der Waals surface area contributed by atoms with Crippen molar-refractivity contribution in [1.29, 1.82) is 0 Å². The Kier molecular flexibility index (Phi) is 5.19. The minimum Gasteiger partial charge on any atom is -0.497 e. The molecule has 0 saturated carbocycles. The van der Waals surface area contributed by atoms with Gasteiger partial charge in [-0.05, 0) is 22.4 Å². The zero-order valence-corrected chi connectivity index (χ0v) is 14.3. The molecule has 0 atom stereocenters. The van der Waals surface area contributed by atoms with Gasteiger partial charge in [0.05, 0.1) is 20.6 Å². The maximum absolute atomic E-state index is 12.2. The number of carbonyl (C=O) groups is 1. The lowest BCUT2D eigenvalue weighted by atomic mass is 10.1. The van der Waals surface area contributed by atoms with E-state index in [0.29, 0.717) is 11.5 Å². The van der Waals surface area contributed by atoms with Gasteiger partial charge in [-0.3, -0.25) is 4.79 Å². The second kappa shape index (κ2) is 7.71. The van der Waals surface area contributed by atoms with Crippen LogP contribution in [-0.4, -0.2) is 20.2 Å². The second-order valence-electron chi connectivity index (χ2n) is 5.65.